The Kier molecular flexibility index (Phi) is 6.97. The minimum absolute atomic E-state index is 0.275. The highest BCUT2D eigenvalue weighted by molar-refractivity contribution is 7.15. The van der Waals surface area contributed by atoms with Gasteiger partial charge < -0.3 is 29.9 Å². The summed E-state index contributed by atoms with van der Waals surface area (Å²) in [6.45, 7) is 1.43. The Morgan fingerprint density at radius 3 is 2.42 bits per heavy atom. The number of aryl methyl sites for hydroxylation is 1. The number of thiophene rings is 1. The number of rotatable bonds is 6. The lowest BCUT2D eigenvalue weighted by atomic mass is 9.86. The smallest absolute Gasteiger partial charge is 0.224 e. The van der Waals surface area contributed by atoms with E-state index in [1.54, 1.807) is 29.5 Å². The lowest BCUT2D eigenvalue weighted by Gasteiger charge is -2.47. The van der Waals surface area contributed by atoms with Gasteiger partial charge in [-0.15, -0.1) is 11.3 Å². The highest BCUT2D eigenvalue weighted by Crippen LogP contribution is 2.40. The normalized spacial score (nSPS) is 27.6. The lowest BCUT2D eigenvalue weighted by Crippen LogP contribution is -2.64. The zero-order valence-electron chi connectivity index (χ0n) is 18.3. The molecule has 0 bridgehead atoms. The van der Waals surface area contributed by atoms with Crippen LogP contribution in [0.25, 0.3) is 10.4 Å². The second-order valence-electron chi connectivity index (χ2n) is 8.23. The molecule has 1 fully saturated rings. The van der Waals surface area contributed by atoms with Crippen LogP contribution >= 0.6 is 11.3 Å². The van der Waals surface area contributed by atoms with Crippen LogP contribution in [0.3, 0.4) is 0 Å². The van der Waals surface area contributed by atoms with Crippen molar-refractivity contribution in [3.8, 4) is 10.4 Å². The molecule has 176 valence electrons. The molecule has 4 rings (SSSR count). The molecule has 2 aromatic carbocycles. The molecule has 3 aromatic rings. The van der Waals surface area contributed by atoms with Gasteiger partial charge in [-0.2, -0.15) is 0 Å². The van der Waals surface area contributed by atoms with Crippen molar-refractivity contribution < 1.29 is 34.3 Å². The third kappa shape index (κ3) is 4.48. The molecule has 8 heteroatoms. The zero-order valence-corrected chi connectivity index (χ0v) is 19.1. The van der Waals surface area contributed by atoms with E-state index in [0.29, 0.717) is 12.0 Å². The molecule has 0 radical (unpaired) electrons. The maximum Gasteiger partial charge on any atom is 0.224 e. The number of ether oxygens (including phenoxy) is 2. The number of benzene rings is 2. The van der Waals surface area contributed by atoms with Gasteiger partial charge in [-0.25, -0.2) is 4.39 Å². The average Bonchev–Trinajstić information content (AvgIpc) is 3.29. The van der Waals surface area contributed by atoms with Crippen LogP contribution in [0.5, 0.6) is 0 Å². The van der Waals surface area contributed by atoms with Gasteiger partial charge in [0, 0.05) is 28.8 Å². The van der Waals surface area contributed by atoms with Crippen LogP contribution in [-0.2, 0) is 21.7 Å². The predicted molar refractivity (Wildman–Crippen MR) is 122 cm³/mol. The van der Waals surface area contributed by atoms with Gasteiger partial charge in [-0.3, -0.25) is 0 Å². The second kappa shape index (κ2) is 9.60. The fourth-order valence-electron chi connectivity index (χ4n) is 4.18. The van der Waals surface area contributed by atoms with Gasteiger partial charge in [0.1, 0.15) is 30.2 Å². The monoisotopic (exact) mass is 474 g/mol. The Morgan fingerprint density at radius 2 is 1.76 bits per heavy atom. The molecule has 33 heavy (non-hydrogen) atoms. The fourth-order valence-corrected chi connectivity index (χ4v) is 5.21. The van der Waals surface area contributed by atoms with Crippen LogP contribution < -0.4 is 0 Å². The van der Waals surface area contributed by atoms with E-state index in [1.165, 1.54) is 19.2 Å². The Morgan fingerprint density at radius 1 is 1.03 bits per heavy atom. The van der Waals surface area contributed by atoms with Gasteiger partial charge in [-0.1, -0.05) is 24.3 Å². The van der Waals surface area contributed by atoms with Gasteiger partial charge in [0.15, 0.2) is 0 Å². The first-order valence-electron chi connectivity index (χ1n) is 10.6. The summed E-state index contributed by atoms with van der Waals surface area (Å²) >= 11 is 1.61. The van der Waals surface area contributed by atoms with Crippen LogP contribution in [0, 0.1) is 12.7 Å². The topological polar surface area (TPSA) is 99.4 Å². The van der Waals surface area contributed by atoms with Crippen LogP contribution in [0.2, 0.25) is 0 Å². The summed E-state index contributed by atoms with van der Waals surface area (Å²) < 4.78 is 24.6. The van der Waals surface area contributed by atoms with Crippen molar-refractivity contribution >= 4 is 11.3 Å². The van der Waals surface area contributed by atoms with Crippen molar-refractivity contribution in [3.05, 3.63) is 82.0 Å². The molecule has 5 atom stereocenters. The summed E-state index contributed by atoms with van der Waals surface area (Å²) in [5.41, 5.74) is 3.40. The molecule has 1 unspecified atom stereocenters. The van der Waals surface area contributed by atoms with E-state index in [2.05, 4.69) is 0 Å². The van der Waals surface area contributed by atoms with E-state index in [1.807, 2.05) is 31.2 Å². The van der Waals surface area contributed by atoms with Crippen molar-refractivity contribution in [2.45, 2.75) is 43.5 Å². The Hall–Kier alpha value is -2.17. The summed E-state index contributed by atoms with van der Waals surface area (Å²) in [5.74, 6) is -2.02. The molecule has 1 aliphatic rings. The molecular formula is C25H27FO6S. The summed E-state index contributed by atoms with van der Waals surface area (Å²) in [7, 11) is 1.34. The zero-order chi connectivity index (χ0) is 23.8. The molecular weight excluding hydrogens is 447 g/mol. The molecule has 0 saturated carbocycles. The quantitative estimate of drug-likeness (QED) is 0.439. The highest BCUT2D eigenvalue weighted by Gasteiger charge is 2.55. The minimum Gasteiger partial charge on any atom is -0.394 e. The van der Waals surface area contributed by atoms with Crippen molar-refractivity contribution in [3.63, 3.8) is 0 Å². The third-order valence-electron chi connectivity index (χ3n) is 6.16. The van der Waals surface area contributed by atoms with Gasteiger partial charge in [0.05, 0.1) is 6.61 Å². The minimum atomic E-state index is -1.75. The van der Waals surface area contributed by atoms with E-state index in [4.69, 9.17) is 9.47 Å². The van der Waals surface area contributed by atoms with Crippen molar-refractivity contribution in [2.24, 2.45) is 0 Å². The number of aliphatic hydroxyl groups is 4. The van der Waals surface area contributed by atoms with E-state index in [0.717, 1.165) is 26.4 Å². The summed E-state index contributed by atoms with van der Waals surface area (Å²) in [4.78, 5) is 2.12. The summed E-state index contributed by atoms with van der Waals surface area (Å²) in [5, 5.41) is 40.8. The predicted octanol–water partition coefficient (Wildman–Crippen LogP) is 2.73. The first kappa shape index (κ1) is 24.0. The fraction of sp³-hybridized carbons (Fsp3) is 0.360. The standard InChI is InChI=1S/C25H27FO6S/c1-14-3-6-17(25(31-2)24(30)23(29)22(28)20(13-27)32-25)11-16(14)12-19-9-10-21(33-19)15-4-7-18(26)8-5-15/h3-11,20,22-24,27-30H,12-13H2,1-2H3/t20-,22-,23+,24-,25?/m0/s1. The number of hydrogen-bond acceptors (Lipinski definition) is 7. The maximum absolute atomic E-state index is 13.2. The van der Waals surface area contributed by atoms with Crippen molar-refractivity contribution in [2.75, 3.05) is 13.7 Å². The summed E-state index contributed by atoms with van der Waals surface area (Å²) in [6.07, 6.45) is -5.09. The van der Waals surface area contributed by atoms with Crippen LogP contribution in [0.4, 0.5) is 4.39 Å². The molecule has 0 spiro atoms. The van der Waals surface area contributed by atoms with Crippen molar-refractivity contribution in [1.29, 1.82) is 0 Å². The molecule has 0 amide bonds. The number of methoxy groups -OCH3 is 1. The molecule has 0 aliphatic carbocycles. The number of aliphatic hydroxyl groups excluding tert-OH is 4. The van der Waals surface area contributed by atoms with E-state index < -0.39 is 36.8 Å². The highest BCUT2D eigenvalue weighted by atomic mass is 32.1. The van der Waals surface area contributed by atoms with Gasteiger partial charge in [0.2, 0.25) is 5.79 Å². The Labute approximate surface area is 195 Å². The van der Waals surface area contributed by atoms with Gasteiger partial charge >= 0.3 is 0 Å². The molecule has 4 N–H and O–H groups in total. The Balaban J connectivity index is 1.65. The number of hydrogen-bond donors (Lipinski definition) is 4. The van der Waals surface area contributed by atoms with Crippen LogP contribution in [0.1, 0.15) is 21.6 Å². The van der Waals surface area contributed by atoms with Gasteiger partial charge in [-0.05, 0) is 53.9 Å². The third-order valence-corrected chi connectivity index (χ3v) is 7.29. The number of halogens is 1. The average molecular weight is 475 g/mol. The molecule has 2 heterocycles. The van der Waals surface area contributed by atoms with Gasteiger partial charge in [0.25, 0.3) is 0 Å². The van der Waals surface area contributed by atoms with E-state index in [-0.39, 0.29) is 5.82 Å². The largest absolute Gasteiger partial charge is 0.394 e. The maximum atomic E-state index is 13.2. The molecule has 1 saturated heterocycles. The van der Waals surface area contributed by atoms with E-state index in [9.17, 15) is 24.8 Å². The molecule has 1 aromatic heterocycles. The SMILES string of the molecule is COC1(c2ccc(C)c(Cc3ccc(-c4ccc(F)cc4)s3)c2)O[C@@H](CO)[C@H](O)[C@@H](O)[C@@H]1O. The van der Waals surface area contributed by atoms with Crippen LogP contribution in [0.15, 0.2) is 54.6 Å². The first-order valence-corrected chi connectivity index (χ1v) is 11.4. The lowest BCUT2D eigenvalue weighted by molar-refractivity contribution is -0.366. The summed E-state index contributed by atoms with van der Waals surface area (Å²) in [6, 6.07) is 15.9. The molecule has 1 aliphatic heterocycles. The Bertz CT molecular complexity index is 1100. The van der Waals surface area contributed by atoms with Crippen LogP contribution in [-0.4, -0.2) is 58.6 Å². The van der Waals surface area contributed by atoms with Crippen molar-refractivity contribution in [1.82, 2.24) is 0 Å². The first-order chi connectivity index (χ1) is 15.8. The van der Waals surface area contributed by atoms with E-state index >= 15 is 0 Å². The molecule has 6 nitrogen and oxygen atoms in total. The second-order valence-corrected chi connectivity index (χ2v) is 9.40.